The molecule has 0 aliphatic rings. The highest BCUT2D eigenvalue weighted by molar-refractivity contribution is 8.00. The van der Waals surface area contributed by atoms with Crippen LogP contribution in [-0.4, -0.2) is 36.1 Å². The second-order valence-corrected chi connectivity index (χ2v) is 6.75. The Hall–Kier alpha value is -2.71. The molecule has 9 heteroatoms. The van der Waals surface area contributed by atoms with Gasteiger partial charge in [-0.3, -0.25) is 10.1 Å². The lowest BCUT2D eigenvalue weighted by Gasteiger charge is -2.07. The number of ether oxygens (including phenoxy) is 2. The third-order valence-electron chi connectivity index (χ3n) is 3.49. The second kappa shape index (κ2) is 8.79. The van der Waals surface area contributed by atoms with Gasteiger partial charge < -0.3 is 13.9 Å². The maximum absolute atomic E-state index is 12.1. The van der Waals surface area contributed by atoms with Crippen molar-refractivity contribution in [2.75, 3.05) is 25.3 Å². The SMILES string of the molecule is COc1ccc(-c2nnc(NC(=O)CSc3ccc(Cl)cc3)o2)c(OC)c1. The van der Waals surface area contributed by atoms with Gasteiger partial charge in [0.25, 0.3) is 5.89 Å². The monoisotopic (exact) mass is 405 g/mol. The number of thioether (sulfide) groups is 1. The molecular formula is C18H16ClN3O4S. The van der Waals surface area contributed by atoms with Crippen LogP contribution < -0.4 is 14.8 Å². The molecule has 2 aromatic carbocycles. The highest BCUT2D eigenvalue weighted by Crippen LogP contribution is 2.33. The van der Waals surface area contributed by atoms with Gasteiger partial charge in [0.05, 0.1) is 25.5 Å². The Kier molecular flexibility index (Phi) is 6.20. The highest BCUT2D eigenvalue weighted by Gasteiger charge is 2.16. The number of carbonyl (C=O) groups is 1. The number of aromatic nitrogens is 2. The number of halogens is 1. The van der Waals surface area contributed by atoms with Crippen molar-refractivity contribution in [3.8, 4) is 23.0 Å². The van der Waals surface area contributed by atoms with Crippen molar-refractivity contribution >= 4 is 35.3 Å². The van der Waals surface area contributed by atoms with E-state index in [1.165, 1.54) is 18.9 Å². The minimum Gasteiger partial charge on any atom is -0.497 e. The molecule has 0 atom stereocenters. The Morgan fingerprint density at radius 3 is 2.63 bits per heavy atom. The molecular weight excluding hydrogens is 390 g/mol. The molecule has 1 amide bonds. The zero-order valence-corrected chi connectivity index (χ0v) is 16.1. The summed E-state index contributed by atoms with van der Waals surface area (Å²) in [6, 6.07) is 12.5. The first-order chi connectivity index (χ1) is 13.1. The third-order valence-corrected chi connectivity index (χ3v) is 4.76. The van der Waals surface area contributed by atoms with Gasteiger partial charge in [-0.2, -0.15) is 0 Å². The summed E-state index contributed by atoms with van der Waals surface area (Å²) < 4.78 is 16.0. The van der Waals surface area contributed by atoms with Crippen LogP contribution in [0.15, 0.2) is 51.8 Å². The zero-order valence-electron chi connectivity index (χ0n) is 14.6. The summed E-state index contributed by atoms with van der Waals surface area (Å²) in [5.74, 6) is 1.34. The quantitative estimate of drug-likeness (QED) is 0.591. The van der Waals surface area contributed by atoms with Crippen LogP contribution in [0.1, 0.15) is 0 Å². The van der Waals surface area contributed by atoms with Crippen molar-refractivity contribution in [2.45, 2.75) is 4.90 Å². The summed E-state index contributed by atoms with van der Waals surface area (Å²) in [6.45, 7) is 0. The van der Waals surface area contributed by atoms with Gasteiger partial charge in [-0.1, -0.05) is 16.7 Å². The predicted octanol–water partition coefficient (Wildman–Crippen LogP) is 4.14. The molecule has 0 radical (unpaired) electrons. The van der Waals surface area contributed by atoms with E-state index in [2.05, 4.69) is 15.5 Å². The summed E-state index contributed by atoms with van der Waals surface area (Å²) in [5.41, 5.74) is 0.599. The van der Waals surface area contributed by atoms with Crippen molar-refractivity contribution in [1.29, 1.82) is 0 Å². The first-order valence-corrected chi connectivity index (χ1v) is 9.19. The molecule has 0 fully saturated rings. The van der Waals surface area contributed by atoms with E-state index in [1.54, 1.807) is 37.4 Å². The number of hydrogen-bond acceptors (Lipinski definition) is 7. The fourth-order valence-electron chi connectivity index (χ4n) is 2.19. The molecule has 0 spiro atoms. The average molecular weight is 406 g/mol. The van der Waals surface area contributed by atoms with E-state index >= 15 is 0 Å². The number of nitrogens with one attached hydrogen (secondary N) is 1. The number of amides is 1. The van der Waals surface area contributed by atoms with Crippen LogP contribution in [0.2, 0.25) is 5.02 Å². The topological polar surface area (TPSA) is 86.5 Å². The summed E-state index contributed by atoms with van der Waals surface area (Å²) >= 11 is 7.22. The van der Waals surface area contributed by atoms with E-state index in [9.17, 15) is 4.79 Å². The molecule has 1 heterocycles. The van der Waals surface area contributed by atoms with Gasteiger partial charge in [0.15, 0.2) is 0 Å². The molecule has 0 unspecified atom stereocenters. The molecule has 3 aromatic rings. The van der Waals surface area contributed by atoms with E-state index in [1.807, 2.05) is 12.1 Å². The van der Waals surface area contributed by atoms with E-state index in [0.29, 0.717) is 22.1 Å². The Labute approximate surface area is 165 Å². The first kappa shape index (κ1) is 19.1. The highest BCUT2D eigenvalue weighted by atomic mass is 35.5. The van der Waals surface area contributed by atoms with Crippen LogP contribution >= 0.6 is 23.4 Å². The van der Waals surface area contributed by atoms with Crippen LogP contribution in [0.3, 0.4) is 0 Å². The number of carbonyl (C=O) groups excluding carboxylic acids is 1. The van der Waals surface area contributed by atoms with Gasteiger partial charge >= 0.3 is 6.01 Å². The summed E-state index contributed by atoms with van der Waals surface area (Å²) in [7, 11) is 3.10. The molecule has 7 nitrogen and oxygen atoms in total. The number of hydrogen-bond donors (Lipinski definition) is 1. The molecule has 140 valence electrons. The van der Waals surface area contributed by atoms with Crippen LogP contribution in [0, 0.1) is 0 Å². The molecule has 27 heavy (non-hydrogen) atoms. The molecule has 0 aliphatic carbocycles. The minimum atomic E-state index is -0.258. The van der Waals surface area contributed by atoms with Crippen LogP contribution in [0.25, 0.3) is 11.5 Å². The zero-order chi connectivity index (χ0) is 19.2. The van der Waals surface area contributed by atoms with E-state index in [-0.39, 0.29) is 23.6 Å². The van der Waals surface area contributed by atoms with Crippen molar-refractivity contribution in [1.82, 2.24) is 10.2 Å². The van der Waals surface area contributed by atoms with Crippen molar-refractivity contribution < 1.29 is 18.7 Å². The molecule has 1 N–H and O–H groups in total. The van der Waals surface area contributed by atoms with Crippen LogP contribution in [0.5, 0.6) is 11.5 Å². The third kappa shape index (κ3) is 4.93. The Balaban J connectivity index is 1.63. The number of rotatable bonds is 7. The molecule has 0 bridgehead atoms. The second-order valence-electron chi connectivity index (χ2n) is 5.27. The number of nitrogens with zero attached hydrogens (tertiary/aromatic N) is 2. The normalized spacial score (nSPS) is 10.5. The average Bonchev–Trinajstić information content (AvgIpc) is 3.15. The van der Waals surface area contributed by atoms with Gasteiger partial charge in [0.2, 0.25) is 5.91 Å². The van der Waals surface area contributed by atoms with Gasteiger partial charge in [0, 0.05) is 16.0 Å². The van der Waals surface area contributed by atoms with Crippen molar-refractivity contribution in [3.63, 3.8) is 0 Å². The lowest BCUT2D eigenvalue weighted by molar-refractivity contribution is -0.113. The largest absolute Gasteiger partial charge is 0.497 e. The lowest BCUT2D eigenvalue weighted by Crippen LogP contribution is -2.14. The van der Waals surface area contributed by atoms with Gasteiger partial charge in [-0.05, 0) is 36.4 Å². The number of anilines is 1. The molecule has 3 rings (SSSR count). The first-order valence-electron chi connectivity index (χ1n) is 7.83. The predicted molar refractivity (Wildman–Crippen MR) is 104 cm³/mol. The fraction of sp³-hybridized carbons (Fsp3) is 0.167. The van der Waals surface area contributed by atoms with Gasteiger partial charge in [-0.15, -0.1) is 16.9 Å². The van der Waals surface area contributed by atoms with Crippen molar-refractivity contribution in [2.24, 2.45) is 0 Å². The lowest BCUT2D eigenvalue weighted by atomic mass is 10.2. The maximum Gasteiger partial charge on any atom is 0.322 e. The van der Waals surface area contributed by atoms with Gasteiger partial charge in [-0.25, -0.2) is 0 Å². The number of benzene rings is 2. The summed E-state index contributed by atoms with van der Waals surface area (Å²) in [5, 5.41) is 11.0. The number of methoxy groups -OCH3 is 2. The van der Waals surface area contributed by atoms with Crippen LogP contribution in [-0.2, 0) is 4.79 Å². The molecule has 0 aliphatic heterocycles. The van der Waals surface area contributed by atoms with Crippen molar-refractivity contribution in [3.05, 3.63) is 47.5 Å². The van der Waals surface area contributed by atoms with E-state index in [4.69, 9.17) is 25.5 Å². The maximum atomic E-state index is 12.1. The molecule has 0 saturated carbocycles. The van der Waals surface area contributed by atoms with E-state index < -0.39 is 0 Å². The fourth-order valence-corrected chi connectivity index (χ4v) is 3.02. The van der Waals surface area contributed by atoms with E-state index in [0.717, 1.165) is 4.90 Å². The minimum absolute atomic E-state index is 0.0181. The Bertz CT molecular complexity index is 931. The smallest absolute Gasteiger partial charge is 0.322 e. The molecule has 1 aromatic heterocycles. The standard InChI is InChI=1S/C18H16ClN3O4S/c1-24-12-5-8-14(15(9-12)25-2)17-21-22-18(26-17)20-16(23)10-27-13-6-3-11(19)4-7-13/h3-9H,10H2,1-2H3,(H,20,22,23). The van der Waals surface area contributed by atoms with Crippen LogP contribution in [0.4, 0.5) is 6.01 Å². The van der Waals surface area contributed by atoms with Gasteiger partial charge in [0.1, 0.15) is 11.5 Å². The summed E-state index contributed by atoms with van der Waals surface area (Å²) in [4.78, 5) is 13.0. The Morgan fingerprint density at radius 2 is 1.93 bits per heavy atom. The molecule has 0 saturated heterocycles. The Morgan fingerprint density at radius 1 is 1.15 bits per heavy atom. The summed E-state index contributed by atoms with van der Waals surface area (Å²) in [6.07, 6.45) is 0.